The molecule has 138 valence electrons. The molecule has 25 heavy (non-hydrogen) atoms. The van der Waals surface area contributed by atoms with Gasteiger partial charge in [0.1, 0.15) is 12.3 Å². The minimum atomic E-state index is -3.85. The molecule has 0 aromatic heterocycles. The van der Waals surface area contributed by atoms with Gasteiger partial charge in [-0.1, -0.05) is 22.9 Å². The van der Waals surface area contributed by atoms with Gasteiger partial charge in [-0.15, -0.1) is 0 Å². The largest absolute Gasteiger partial charge is 0.347 e. The molecule has 0 radical (unpaired) electrons. The summed E-state index contributed by atoms with van der Waals surface area (Å²) in [6.07, 6.45) is -0.378. The number of nitrogens with one attached hydrogen (secondary N) is 2. The van der Waals surface area contributed by atoms with E-state index >= 15 is 0 Å². The van der Waals surface area contributed by atoms with Crippen molar-refractivity contribution in [2.75, 3.05) is 24.8 Å². The molecule has 0 saturated carbocycles. The predicted octanol–water partition coefficient (Wildman–Crippen LogP) is 2.60. The van der Waals surface area contributed by atoms with Crippen LogP contribution in [0.3, 0.4) is 0 Å². The molecule has 1 saturated heterocycles. The Balaban J connectivity index is 1.95. The normalized spacial score (nSPS) is 22.6. The minimum Gasteiger partial charge on any atom is -0.329 e. The first kappa shape index (κ1) is 19.9. The lowest BCUT2D eigenvalue weighted by atomic mass is 10.1. The van der Waals surface area contributed by atoms with Crippen molar-refractivity contribution in [1.82, 2.24) is 10.2 Å². The van der Waals surface area contributed by atoms with Gasteiger partial charge in [-0.25, -0.2) is 4.79 Å². The Hall–Kier alpha value is -1.41. The highest BCUT2D eigenvalue weighted by molar-refractivity contribution is 9.10. The van der Waals surface area contributed by atoms with E-state index in [1.54, 1.807) is 38.1 Å². The van der Waals surface area contributed by atoms with Crippen molar-refractivity contribution >= 4 is 41.2 Å². The number of nitrogens with zero attached hydrogens (tertiary/aromatic N) is 1. The molecule has 10 heteroatoms. The van der Waals surface area contributed by atoms with Crippen LogP contribution >= 0.6 is 23.5 Å². The Labute approximate surface area is 154 Å². The van der Waals surface area contributed by atoms with E-state index in [-0.39, 0.29) is 25.4 Å². The molecule has 1 aliphatic rings. The number of anilines is 1. The number of carbonyl (C=O) groups is 2. The van der Waals surface area contributed by atoms with E-state index in [1.807, 2.05) is 0 Å². The van der Waals surface area contributed by atoms with E-state index in [0.29, 0.717) is 5.69 Å². The third kappa shape index (κ3) is 5.54. The van der Waals surface area contributed by atoms with Gasteiger partial charge in [-0.05, 0) is 31.2 Å². The molecule has 1 aromatic carbocycles. The summed E-state index contributed by atoms with van der Waals surface area (Å²) < 4.78 is 17.5. The zero-order valence-corrected chi connectivity index (χ0v) is 16.4. The van der Waals surface area contributed by atoms with Crippen LogP contribution in [-0.4, -0.2) is 47.2 Å². The molecule has 3 amide bonds. The third-order valence-corrected chi connectivity index (χ3v) is 5.61. The Morgan fingerprint density at radius 2 is 2.08 bits per heavy atom. The molecule has 1 fully saturated rings. The van der Waals surface area contributed by atoms with Gasteiger partial charge in [0.25, 0.3) is 0 Å². The van der Waals surface area contributed by atoms with Gasteiger partial charge in [-0.3, -0.25) is 9.36 Å². The highest BCUT2D eigenvalue weighted by Crippen LogP contribution is 2.43. The highest BCUT2D eigenvalue weighted by atomic mass is 79.9. The average molecular weight is 434 g/mol. The second-order valence-electron chi connectivity index (χ2n) is 5.82. The smallest absolute Gasteiger partial charge is 0.329 e. The molecule has 3 atom stereocenters. The zero-order chi connectivity index (χ0) is 18.6. The Bertz CT molecular complexity index is 684. The Morgan fingerprint density at radius 3 is 2.68 bits per heavy atom. The molecular weight excluding hydrogens is 413 g/mol. The number of hydrogen-bond donors (Lipinski definition) is 3. The highest BCUT2D eigenvalue weighted by Gasteiger charge is 2.41. The second-order valence-corrected chi connectivity index (χ2v) is 8.55. The van der Waals surface area contributed by atoms with E-state index in [9.17, 15) is 19.0 Å². The maximum Gasteiger partial charge on any atom is 0.347 e. The van der Waals surface area contributed by atoms with E-state index in [0.717, 1.165) is 4.47 Å². The first-order valence-electron chi connectivity index (χ1n) is 7.80. The van der Waals surface area contributed by atoms with Crippen molar-refractivity contribution in [3.8, 4) is 0 Å². The molecule has 1 aromatic rings. The fraction of sp³-hybridized carbons (Fsp3) is 0.467. The summed E-state index contributed by atoms with van der Waals surface area (Å²) in [6.45, 7) is 3.77. The summed E-state index contributed by atoms with van der Waals surface area (Å²) in [7, 11) is -3.85. The molecular formula is C15H21BrN3O5P. The molecule has 0 aliphatic carbocycles. The average Bonchev–Trinajstić information content (AvgIpc) is 2.76. The van der Waals surface area contributed by atoms with Gasteiger partial charge >= 0.3 is 13.6 Å². The molecule has 1 heterocycles. The van der Waals surface area contributed by atoms with Gasteiger partial charge in [0, 0.05) is 22.6 Å². The number of carbonyl (C=O) groups excluding carboxylic acids is 2. The molecule has 1 aliphatic heterocycles. The van der Waals surface area contributed by atoms with Crippen LogP contribution in [0.5, 0.6) is 0 Å². The SMILES string of the molecule is CCOP(=O)(O)CN1C[C@H](C)[C@H](NC(=O)Nc2ccc(Br)cc2)C1=O. The van der Waals surface area contributed by atoms with Crippen molar-refractivity contribution in [2.24, 2.45) is 5.92 Å². The number of amides is 3. The maximum absolute atomic E-state index is 12.4. The molecule has 0 spiro atoms. The number of benzene rings is 1. The van der Waals surface area contributed by atoms with Crippen molar-refractivity contribution in [1.29, 1.82) is 0 Å². The van der Waals surface area contributed by atoms with Crippen molar-refractivity contribution in [3.63, 3.8) is 0 Å². The zero-order valence-electron chi connectivity index (χ0n) is 13.9. The van der Waals surface area contributed by atoms with E-state index < -0.39 is 25.6 Å². The van der Waals surface area contributed by atoms with Crippen LogP contribution in [0.2, 0.25) is 0 Å². The van der Waals surface area contributed by atoms with Gasteiger partial charge in [-0.2, -0.15) is 0 Å². The Morgan fingerprint density at radius 1 is 1.44 bits per heavy atom. The number of halogens is 1. The fourth-order valence-corrected chi connectivity index (χ4v) is 4.05. The van der Waals surface area contributed by atoms with Crippen LogP contribution in [0, 0.1) is 5.92 Å². The summed E-state index contributed by atoms with van der Waals surface area (Å²) in [4.78, 5) is 35.5. The molecule has 1 unspecified atom stereocenters. The minimum absolute atomic E-state index is 0.0859. The lowest BCUT2D eigenvalue weighted by molar-refractivity contribution is -0.128. The maximum atomic E-state index is 12.4. The van der Waals surface area contributed by atoms with Gasteiger partial charge in [0.2, 0.25) is 5.91 Å². The predicted molar refractivity (Wildman–Crippen MR) is 97.3 cm³/mol. The molecule has 2 rings (SSSR count). The molecule has 0 bridgehead atoms. The first-order valence-corrected chi connectivity index (χ1v) is 10.4. The van der Waals surface area contributed by atoms with Crippen LogP contribution in [0.4, 0.5) is 10.5 Å². The summed E-state index contributed by atoms with van der Waals surface area (Å²) in [5.41, 5.74) is 0.590. The molecule has 8 nitrogen and oxygen atoms in total. The van der Waals surface area contributed by atoms with Gasteiger partial charge in [0.05, 0.1) is 6.61 Å². The van der Waals surface area contributed by atoms with Crippen molar-refractivity contribution in [3.05, 3.63) is 28.7 Å². The molecule has 3 N–H and O–H groups in total. The van der Waals surface area contributed by atoms with Crippen LogP contribution in [0.15, 0.2) is 28.7 Å². The van der Waals surface area contributed by atoms with E-state index in [4.69, 9.17) is 4.52 Å². The topological polar surface area (TPSA) is 108 Å². The van der Waals surface area contributed by atoms with Crippen LogP contribution in [0.25, 0.3) is 0 Å². The number of likely N-dealkylation sites (tertiary alicyclic amines) is 1. The van der Waals surface area contributed by atoms with Crippen LogP contribution in [0.1, 0.15) is 13.8 Å². The number of rotatable bonds is 6. The summed E-state index contributed by atoms with van der Waals surface area (Å²) in [6, 6.07) is 5.75. The van der Waals surface area contributed by atoms with Crippen LogP contribution in [-0.2, 0) is 13.9 Å². The number of urea groups is 1. The second kappa shape index (κ2) is 8.31. The van der Waals surface area contributed by atoms with Crippen molar-refractivity contribution < 1.29 is 23.6 Å². The number of hydrogen-bond acceptors (Lipinski definition) is 4. The third-order valence-electron chi connectivity index (χ3n) is 3.72. The van der Waals surface area contributed by atoms with Gasteiger partial charge in [0.15, 0.2) is 0 Å². The monoisotopic (exact) mass is 433 g/mol. The summed E-state index contributed by atoms with van der Waals surface area (Å²) in [5, 5.41) is 5.27. The summed E-state index contributed by atoms with van der Waals surface area (Å²) in [5.74, 6) is -0.586. The van der Waals surface area contributed by atoms with E-state index in [2.05, 4.69) is 26.6 Å². The lowest BCUT2D eigenvalue weighted by Crippen LogP contribution is -2.45. The Kier molecular flexibility index (Phi) is 6.62. The van der Waals surface area contributed by atoms with E-state index in [1.165, 1.54) is 4.90 Å². The summed E-state index contributed by atoms with van der Waals surface area (Å²) >= 11 is 3.31. The standard InChI is InChI=1S/C15H21BrN3O5P/c1-3-24-25(22,23)9-19-8-10(2)13(14(19)20)18-15(21)17-12-6-4-11(16)5-7-12/h4-7,10,13H,3,8-9H2,1-2H3,(H,22,23)(H2,17,18,21)/t10-,13-/m0/s1. The van der Waals surface area contributed by atoms with Crippen LogP contribution < -0.4 is 10.6 Å². The quantitative estimate of drug-likeness (QED) is 0.597. The fourth-order valence-electron chi connectivity index (χ4n) is 2.61. The van der Waals surface area contributed by atoms with Gasteiger partial charge < -0.3 is 25.0 Å². The van der Waals surface area contributed by atoms with Crippen molar-refractivity contribution in [2.45, 2.75) is 19.9 Å². The first-order chi connectivity index (χ1) is 11.7. The lowest BCUT2D eigenvalue weighted by Gasteiger charge is -2.20.